The van der Waals surface area contributed by atoms with Gasteiger partial charge in [0, 0.05) is 12.4 Å². The van der Waals surface area contributed by atoms with Crippen LogP contribution in [0.3, 0.4) is 0 Å². The van der Waals surface area contributed by atoms with Gasteiger partial charge in [0.05, 0.1) is 29.3 Å². The Morgan fingerprint density at radius 2 is 1.89 bits per heavy atom. The topological polar surface area (TPSA) is 97.9 Å². The van der Waals surface area contributed by atoms with Gasteiger partial charge in [-0.25, -0.2) is 19.2 Å². The van der Waals surface area contributed by atoms with E-state index in [9.17, 15) is 22.4 Å². The van der Waals surface area contributed by atoms with E-state index in [0.29, 0.717) is 5.39 Å². The molecule has 0 saturated heterocycles. The average Bonchev–Trinajstić information content (AvgIpc) is 2.90. The van der Waals surface area contributed by atoms with Crippen molar-refractivity contribution in [3.8, 4) is 0 Å². The molecule has 0 spiro atoms. The predicted molar refractivity (Wildman–Crippen MR) is 90.3 cm³/mol. The molecule has 142 valence electrons. The van der Waals surface area contributed by atoms with Gasteiger partial charge in [-0.05, 0) is 24.3 Å². The Balaban J connectivity index is 1.89. The zero-order valence-electron chi connectivity index (χ0n) is 13.9. The standard InChI is InChI=1S/C16H14F4N6O/c1-26-11-5-9(17)3-2-8(11)4-12(26)13(16(18,19)20)25-15(27)24-10-6-22-14(21)23-7-10/h2-7,13H,1H3,(H2,21,22,23)(H2,24,25,27). The van der Waals surface area contributed by atoms with E-state index in [2.05, 4.69) is 15.3 Å². The van der Waals surface area contributed by atoms with Crippen LogP contribution in [0, 0.1) is 5.82 Å². The third-order valence-corrected chi connectivity index (χ3v) is 3.87. The van der Waals surface area contributed by atoms with Crippen LogP contribution in [0.4, 0.5) is 34.0 Å². The highest BCUT2D eigenvalue weighted by Gasteiger charge is 2.43. The number of nitrogen functional groups attached to an aromatic ring is 1. The van der Waals surface area contributed by atoms with Gasteiger partial charge < -0.3 is 20.9 Å². The van der Waals surface area contributed by atoms with Crippen LogP contribution in [0.5, 0.6) is 0 Å². The number of aromatic nitrogens is 3. The van der Waals surface area contributed by atoms with Gasteiger partial charge >= 0.3 is 12.2 Å². The molecule has 0 bridgehead atoms. The molecule has 0 radical (unpaired) electrons. The van der Waals surface area contributed by atoms with Crippen molar-refractivity contribution in [1.82, 2.24) is 19.9 Å². The number of aryl methyl sites for hydroxylation is 1. The number of benzene rings is 1. The molecule has 2 amide bonds. The molecule has 3 rings (SSSR count). The first-order chi connectivity index (χ1) is 12.6. The first-order valence-electron chi connectivity index (χ1n) is 7.62. The van der Waals surface area contributed by atoms with E-state index < -0.39 is 24.1 Å². The number of carbonyl (C=O) groups excluding carboxylic acids is 1. The predicted octanol–water partition coefficient (Wildman–Crippen LogP) is 3.11. The minimum absolute atomic E-state index is 0.0446. The zero-order chi connectivity index (χ0) is 19.8. The number of carbonyl (C=O) groups is 1. The van der Waals surface area contributed by atoms with Gasteiger partial charge in [0.25, 0.3) is 0 Å². The molecule has 0 fully saturated rings. The van der Waals surface area contributed by atoms with Crippen molar-refractivity contribution in [1.29, 1.82) is 0 Å². The summed E-state index contributed by atoms with van der Waals surface area (Å²) in [4.78, 5) is 19.3. The molecule has 4 N–H and O–H groups in total. The van der Waals surface area contributed by atoms with Crippen molar-refractivity contribution in [2.24, 2.45) is 7.05 Å². The number of nitrogens with zero attached hydrogens (tertiary/aromatic N) is 3. The molecule has 2 aromatic heterocycles. The lowest BCUT2D eigenvalue weighted by Gasteiger charge is -2.22. The van der Waals surface area contributed by atoms with E-state index in [0.717, 1.165) is 24.5 Å². The maximum atomic E-state index is 13.6. The highest BCUT2D eigenvalue weighted by Crippen LogP contribution is 2.35. The van der Waals surface area contributed by atoms with E-state index in [-0.39, 0.29) is 22.8 Å². The Morgan fingerprint density at radius 1 is 1.22 bits per heavy atom. The molecule has 11 heteroatoms. The quantitative estimate of drug-likeness (QED) is 0.606. The van der Waals surface area contributed by atoms with Gasteiger partial charge in [-0.15, -0.1) is 0 Å². The number of fused-ring (bicyclic) bond motifs is 1. The maximum absolute atomic E-state index is 13.6. The molecule has 0 aliphatic carbocycles. The zero-order valence-corrected chi connectivity index (χ0v) is 13.9. The number of urea groups is 1. The monoisotopic (exact) mass is 382 g/mol. The van der Waals surface area contributed by atoms with Crippen LogP contribution in [0.25, 0.3) is 10.9 Å². The van der Waals surface area contributed by atoms with Gasteiger partial charge in [-0.1, -0.05) is 0 Å². The van der Waals surface area contributed by atoms with Crippen LogP contribution in [-0.2, 0) is 7.05 Å². The number of amides is 2. The number of rotatable bonds is 3. The second-order valence-electron chi connectivity index (χ2n) is 5.73. The van der Waals surface area contributed by atoms with Crippen LogP contribution in [-0.4, -0.2) is 26.7 Å². The summed E-state index contributed by atoms with van der Waals surface area (Å²) in [5.41, 5.74) is 5.41. The Morgan fingerprint density at radius 3 is 2.52 bits per heavy atom. The third-order valence-electron chi connectivity index (χ3n) is 3.87. The number of hydrogen-bond donors (Lipinski definition) is 3. The van der Waals surface area contributed by atoms with Crippen LogP contribution in [0.15, 0.2) is 36.7 Å². The molecule has 27 heavy (non-hydrogen) atoms. The van der Waals surface area contributed by atoms with Crippen LogP contribution < -0.4 is 16.4 Å². The van der Waals surface area contributed by atoms with Gasteiger partial charge in [-0.2, -0.15) is 13.2 Å². The van der Waals surface area contributed by atoms with Gasteiger partial charge in [0.2, 0.25) is 5.95 Å². The smallest absolute Gasteiger partial charge is 0.368 e. The van der Waals surface area contributed by atoms with Crippen molar-refractivity contribution in [2.75, 3.05) is 11.1 Å². The number of anilines is 2. The first-order valence-corrected chi connectivity index (χ1v) is 7.62. The molecule has 1 aromatic carbocycles. The number of nitrogens with two attached hydrogens (primary N) is 1. The fourth-order valence-corrected chi connectivity index (χ4v) is 2.63. The van der Waals surface area contributed by atoms with Crippen molar-refractivity contribution in [2.45, 2.75) is 12.2 Å². The summed E-state index contributed by atoms with van der Waals surface area (Å²) in [6, 6.07) is 1.47. The van der Waals surface area contributed by atoms with Crippen molar-refractivity contribution < 1.29 is 22.4 Å². The summed E-state index contributed by atoms with van der Waals surface area (Å²) in [5, 5.41) is 4.49. The van der Waals surface area contributed by atoms with E-state index in [1.54, 1.807) is 0 Å². The van der Waals surface area contributed by atoms with Crippen LogP contribution in [0.1, 0.15) is 11.7 Å². The molecular weight excluding hydrogens is 368 g/mol. The summed E-state index contributed by atoms with van der Waals surface area (Å²) < 4.78 is 55.3. The Hall–Kier alpha value is -3.37. The van der Waals surface area contributed by atoms with Crippen LogP contribution >= 0.6 is 0 Å². The third kappa shape index (κ3) is 3.91. The SMILES string of the molecule is Cn1c(C(NC(=O)Nc2cnc(N)nc2)C(F)(F)F)cc2ccc(F)cc21. The molecule has 1 atom stereocenters. The Kier molecular flexibility index (Phi) is 4.60. The summed E-state index contributed by atoms with van der Waals surface area (Å²) in [6.45, 7) is 0. The molecule has 0 aliphatic heterocycles. The molecule has 0 saturated carbocycles. The fourth-order valence-electron chi connectivity index (χ4n) is 2.63. The molecule has 3 aromatic rings. The minimum atomic E-state index is -4.78. The lowest BCUT2D eigenvalue weighted by Crippen LogP contribution is -2.41. The second-order valence-corrected chi connectivity index (χ2v) is 5.73. The average molecular weight is 382 g/mol. The van der Waals surface area contributed by atoms with Gasteiger partial charge in [0.1, 0.15) is 5.82 Å². The number of nitrogens with one attached hydrogen (secondary N) is 2. The van der Waals surface area contributed by atoms with E-state index in [1.807, 2.05) is 5.32 Å². The Bertz CT molecular complexity index is 983. The number of halogens is 4. The molecule has 0 aliphatic rings. The first kappa shape index (κ1) is 18.4. The van der Waals surface area contributed by atoms with E-state index in [4.69, 9.17) is 5.73 Å². The second kappa shape index (κ2) is 6.74. The van der Waals surface area contributed by atoms with Crippen molar-refractivity contribution in [3.05, 3.63) is 48.2 Å². The molecule has 1 unspecified atom stereocenters. The highest BCUT2D eigenvalue weighted by atomic mass is 19.4. The van der Waals surface area contributed by atoms with E-state index in [1.165, 1.54) is 23.7 Å². The van der Waals surface area contributed by atoms with E-state index >= 15 is 0 Å². The molecular formula is C16H14F4N6O. The molecule has 2 heterocycles. The highest BCUT2D eigenvalue weighted by molar-refractivity contribution is 5.89. The summed E-state index contributed by atoms with van der Waals surface area (Å²) in [6.07, 6.45) is -2.47. The van der Waals surface area contributed by atoms with Gasteiger partial charge in [-0.3, -0.25) is 0 Å². The fraction of sp³-hybridized carbons (Fsp3) is 0.188. The lowest BCUT2D eigenvalue weighted by atomic mass is 10.2. The van der Waals surface area contributed by atoms with Crippen molar-refractivity contribution >= 4 is 28.6 Å². The van der Waals surface area contributed by atoms with Crippen molar-refractivity contribution in [3.63, 3.8) is 0 Å². The minimum Gasteiger partial charge on any atom is -0.368 e. The Labute approximate surface area is 150 Å². The lowest BCUT2D eigenvalue weighted by molar-refractivity contribution is -0.155. The number of alkyl halides is 3. The molecule has 7 nitrogen and oxygen atoms in total. The number of hydrogen-bond acceptors (Lipinski definition) is 4. The largest absolute Gasteiger partial charge is 0.414 e. The van der Waals surface area contributed by atoms with Gasteiger partial charge in [0.15, 0.2) is 6.04 Å². The normalized spacial score (nSPS) is 12.8. The summed E-state index contributed by atoms with van der Waals surface area (Å²) >= 11 is 0. The maximum Gasteiger partial charge on any atom is 0.414 e. The van der Waals surface area contributed by atoms with Crippen LogP contribution in [0.2, 0.25) is 0 Å². The summed E-state index contributed by atoms with van der Waals surface area (Å²) in [7, 11) is 1.36. The summed E-state index contributed by atoms with van der Waals surface area (Å²) in [5.74, 6) is -0.621.